The SMILES string of the molecule is CC(=O)Nc1ccc2c(N)c(C(=O)NCCc3ccc(N4CCNCC4)cc3)sc2n1. The normalized spacial score (nSPS) is 13.9. The lowest BCUT2D eigenvalue weighted by Crippen LogP contribution is -2.43. The fourth-order valence-corrected chi connectivity index (χ4v) is 4.62. The van der Waals surface area contributed by atoms with Crippen LogP contribution in [0.5, 0.6) is 0 Å². The number of anilines is 3. The summed E-state index contributed by atoms with van der Waals surface area (Å²) in [7, 11) is 0. The Morgan fingerprint density at radius 3 is 2.61 bits per heavy atom. The van der Waals surface area contributed by atoms with E-state index in [1.165, 1.54) is 29.5 Å². The standard InChI is InChI=1S/C22H26N6O2S/c1-14(29)26-18-7-6-17-19(23)20(31-22(17)27-18)21(30)25-9-8-15-2-4-16(5-3-15)28-12-10-24-11-13-28/h2-7,24H,8-13,23H2,1H3,(H,25,30)(H,26,27,29). The van der Waals surface area contributed by atoms with Crippen molar-refractivity contribution in [2.45, 2.75) is 13.3 Å². The van der Waals surface area contributed by atoms with Crippen molar-refractivity contribution in [2.75, 3.05) is 48.7 Å². The van der Waals surface area contributed by atoms with E-state index in [0.717, 1.165) is 32.6 Å². The number of aromatic nitrogens is 1. The van der Waals surface area contributed by atoms with Crippen molar-refractivity contribution in [2.24, 2.45) is 0 Å². The molecule has 31 heavy (non-hydrogen) atoms. The second kappa shape index (κ2) is 9.32. The summed E-state index contributed by atoms with van der Waals surface area (Å²) in [6, 6.07) is 12.0. The van der Waals surface area contributed by atoms with Gasteiger partial charge in [0.2, 0.25) is 5.91 Å². The summed E-state index contributed by atoms with van der Waals surface area (Å²) in [4.78, 5) is 31.7. The van der Waals surface area contributed by atoms with Gasteiger partial charge >= 0.3 is 0 Å². The van der Waals surface area contributed by atoms with Crippen LogP contribution in [0, 0.1) is 0 Å². The number of nitrogen functional groups attached to an aromatic ring is 1. The number of benzene rings is 1. The molecule has 1 saturated heterocycles. The van der Waals surface area contributed by atoms with E-state index >= 15 is 0 Å². The van der Waals surface area contributed by atoms with Crippen LogP contribution in [-0.4, -0.2) is 49.5 Å². The molecule has 162 valence electrons. The topological polar surface area (TPSA) is 112 Å². The van der Waals surface area contributed by atoms with Crippen molar-refractivity contribution in [1.82, 2.24) is 15.6 Å². The minimum Gasteiger partial charge on any atom is -0.397 e. The van der Waals surface area contributed by atoms with E-state index in [9.17, 15) is 9.59 Å². The summed E-state index contributed by atoms with van der Waals surface area (Å²) in [6.07, 6.45) is 0.739. The fraction of sp³-hybridized carbons (Fsp3) is 0.318. The molecular weight excluding hydrogens is 412 g/mol. The number of carbonyl (C=O) groups is 2. The molecule has 8 nitrogen and oxygen atoms in total. The van der Waals surface area contributed by atoms with Gasteiger partial charge in [-0.05, 0) is 36.2 Å². The molecule has 0 atom stereocenters. The Labute approximate surface area is 184 Å². The highest BCUT2D eigenvalue weighted by atomic mass is 32.1. The average Bonchev–Trinajstić information content (AvgIpc) is 3.10. The molecule has 4 rings (SSSR count). The third kappa shape index (κ3) is 4.95. The molecule has 0 aliphatic carbocycles. The highest BCUT2D eigenvalue weighted by Gasteiger charge is 2.17. The zero-order valence-electron chi connectivity index (χ0n) is 17.4. The van der Waals surface area contributed by atoms with Gasteiger partial charge in [0.1, 0.15) is 15.5 Å². The Morgan fingerprint density at radius 1 is 1.16 bits per heavy atom. The molecule has 2 aromatic heterocycles. The van der Waals surface area contributed by atoms with Crippen LogP contribution in [0.3, 0.4) is 0 Å². The summed E-state index contributed by atoms with van der Waals surface area (Å²) < 4.78 is 0. The number of piperazine rings is 1. The van der Waals surface area contributed by atoms with Crippen molar-refractivity contribution >= 4 is 50.6 Å². The predicted octanol–water partition coefficient (Wildman–Crippen LogP) is 2.22. The molecule has 1 aromatic carbocycles. The second-order valence-corrected chi connectivity index (χ2v) is 8.48. The quantitative estimate of drug-likeness (QED) is 0.470. The monoisotopic (exact) mass is 438 g/mol. The first kappa shape index (κ1) is 21.1. The maximum atomic E-state index is 12.7. The molecule has 1 aliphatic heterocycles. The molecule has 1 fully saturated rings. The number of nitrogens with two attached hydrogens (primary N) is 1. The summed E-state index contributed by atoms with van der Waals surface area (Å²) in [5.74, 6) is 0.0341. The number of thiophene rings is 1. The lowest BCUT2D eigenvalue weighted by molar-refractivity contribution is -0.114. The van der Waals surface area contributed by atoms with Crippen LogP contribution >= 0.6 is 11.3 Å². The Hall–Kier alpha value is -3.17. The minimum absolute atomic E-state index is 0.199. The van der Waals surface area contributed by atoms with Crippen molar-refractivity contribution in [3.05, 3.63) is 46.8 Å². The Morgan fingerprint density at radius 2 is 1.90 bits per heavy atom. The van der Waals surface area contributed by atoms with E-state index in [-0.39, 0.29) is 11.8 Å². The molecule has 0 saturated carbocycles. The first-order valence-electron chi connectivity index (χ1n) is 10.3. The Balaban J connectivity index is 1.35. The van der Waals surface area contributed by atoms with Gasteiger partial charge in [0.25, 0.3) is 5.91 Å². The van der Waals surface area contributed by atoms with E-state index in [1.807, 2.05) is 0 Å². The number of pyridine rings is 1. The van der Waals surface area contributed by atoms with Crippen molar-refractivity contribution in [3.63, 3.8) is 0 Å². The lowest BCUT2D eigenvalue weighted by atomic mass is 10.1. The smallest absolute Gasteiger partial charge is 0.263 e. The number of nitrogens with zero attached hydrogens (tertiary/aromatic N) is 2. The molecule has 0 bridgehead atoms. The van der Waals surface area contributed by atoms with Gasteiger partial charge in [-0.1, -0.05) is 12.1 Å². The van der Waals surface area contributed by atoms with Crippen LogP contribution in [0.1, 0.15) is 22.2 Å². The van der Waals surface area contributed by atoms with E-state index in [1.54, 1.807) is 12.1 Å². The molecule has 3 heterocycles. The van der Waals surface area contributed by atoms with Crippen LogP contribution < -0.4 is 26.6 Å². The predicted molar refractivity (Wildman–Crippen MR) is 126 cm³/mol. The number of rotatable bonds is 6. The average molecular weight is 439 g/mol. The van der Waals surface area contributed by atoms with Gasteiger partial charge in [0.15, 0.2) is 0 Å². The van der Waals surface area contributed by atoms with Crippen molar-refractivity contribution in [1.29, 1.82) is 0 Å². The third-order valence-corrected chi connectivity index (χ3v) is 6.34. The number of fused-ring (bicyclic) bond motifs is 1. The zero-order valence-corrected chi connectivity index (χ0v) is 18.2. The van der Waals surface area contributed by atoms with Crippen LogP contribution in [0.2, 0.25) is 0 Å². The van der Waals surface area contributed by atoms with Crippen LogP contribution in [0.25, 0.3) is 10.2 Å². The molecule has 0 unspecified atom stereocenters. The Bertz CT molecular complexity index is 1090. The number of hydrogen-bond acceptors (Lipinski definition) is 7. The summed E-state index contributed by atoms with van der Waals surface area (Å²) in [6.45, 7) is 6.01. The van der Waals surface area contributed by atoms with Gasteiger partial charge in [0.05, 0.1) is 5.69 Å². The van der Waals surface area contributed by atoms with Gasteiger partial charge in [-0.3, -0.25) is 9.59 Å². The highest BCUT2D eigenvalue weighted by Crippen LogP contribution is 2.33. The molecule has 9 heteroatoms. The van der Waals surface area contributed by atoms with E-state index < -0.39 is 0 Å². The first-order chi connectivity index (χ1) is 15.0. The molecule has 0 spiro atoms. The van der Waals surface area contributed by atoms with Gasteiger partial charge in [-0.2, -0.15) is 0 Å². The summed E-state index contributed by atoms with van der Waals surface area (Å²) in [5, 5.41) is 9.67. The molecule has 0 radical (unpaired) electrons. The number of carbonyl (C=O) groups excluding carboxylic acids is 2. The van der Waals surface area contributed by atoms with Gasteiger partial charge in [0, 0.05) is 50.7 Å². The van der Waals surface area contributed by atoms with Crippen LogP contribution in [-0.2, 0) is 11.2 Å². The second-order valence-electron chi connectivity index (χ2n) is 7.48. The maximum absolute atomic E-state index is 12.7. The molecule has 2 amide bonds. The maximum Gasteiger partial charge on any atom is 0.263 e. The van der Waals surface area contributed by atoms with Gasteiger partial charge in [-0.25, -0.2) is 4.98 Å². The summed E-state index contributed by atoms with van der Waals surface area (Å²) in [5.41, 5.74) is 9.00. The molecule has 1 aliphatic rings. The van der Waals surface area contributed by atoms with E-state index in [0.29, 0.717) is 33.1 Å². The fourth-order valence-electron chi connectivity index (χ4n) is 3.61. The minimum atomic E-state index is -0.209. The molecule has 5 N–H and O–H groups in total. The van der Waals surface area contributed by atoms with Crippen LogP contribution in [0.4, 0.5) is 17.2 Å². The van der Waals surface area contributed by atoms with Crippen molar-refractivity contribution in [3.8, 4) is 0 Å². The van der Waals surface area contributed by atoms with Crippen molar-refractivity contribution < 1.29 is 9.59 Å². The first-order valence-corrected chi connectivity index (χ1v) is 11.1. The lowest BCUT2D eigenvalue weighted by Gasteiger charge is -2.29. The number of hydrogen-bond donors (Lipinski definition) is 4. The van der Waals surface area contributed by atoms with Gasteiger partial charge < -0.3 is 26.6 Å². The van der Waals surface area contributed by atoms with E-state index in [4.69, 9.17) is 5.73 Å². The molecule has 3 aromatic rings. The zero-order chi connectivity index (χ0) is 21.8. The number of nitrogens with one attached hydrogen (secondary N) is 3. The summed E-state index contributed by atoms with van der Waals surface area (Å²) >= 11 is 1.23. The number of amides is 2. The van der Waals surface area contributed by atoms with E-state index in [2.05, 4.69) is 50.1 Å². The highest BCUT2D eigenvalue weighted by molar-refractivity contribution is 7.21. The van der Waals surface area contributed by atoms with Crippen LogP contribution in [0.15, 0.2) is 36.4 Å². The molecular formula is C22H26N6O2S. The van der Waals surface area contributed by atoms with Gasteiger partial charge in [-0.15, -0.1) is 11.3 Å². The third-order valence-electron chi connectivity index (χ3n) is 5.22. The largest absolute Gasteiger partial charge is 0.397 e. The Kier molecular flexibility index (Phi) is 6.34.